The first-order valence-electron chi connectivity index (χ1n) is 4.27. The highest BCUT2D eigenvalue weighted by atomic mass is 19.1. The van der Waals surface area contributed by atoms with Gasteiger partial charge in [0.25, 0.3) is 0 Å². The largest absolute Gasteiger partial charge is 0.310 e. The third-order valence-electron chi connectivity index (χ3n) is 2.44. The Morgan fingerprint density at radius 1 is 1.50 bits per heavy atom. The summed E-state index contributed by atoms with van der Waals surface area (Å²) in [5.74, 6) is -0.135. The second-order valence-electron chi connectivity index (χ2n) is 3.30. The van der Waals surface area contributed by atoms with Crippen LogP contribution >= 0.6 is 0 Å². The molecule has 0 radical (unpaired) electrons. The van der Waals surface area contributed by atoms with Gasteiger partial charge < -0.3 is 5.32 Å². The van der Waals surface area contributed by atoms with Crippen LogP contribution in [0, 0.1) is 12.7 Å². The van der Waals surface area contributed by atoms with Crippen LogP contribution in [0.2, 0.25) is 0 Å². The van der Waals surface area contributed by atoms with E-state index in [1.54, 1.807) is 6.07 Å². The van der Waals surface area contributed by atoms with Gasteiger partial charge in [0.05, 0.1) is 0 Å². The lowest BCUT2D eigenvalue weighted by Crippen LogP contribution is -2.35. The number of nitrogens with one attached hydrogen (secondary N) is 1. The van der Waals surface area contributed by atoms with Crippen LogP contribution in [-0.4, -0.2) is 6.54 Å². The molecule has 1 aliphatic heterocycles. The molecule has 64 valence electrons. The Morgan fingerprint density at radius 3 is 2.83 bits per heavy atom. The van der Waals surface area contributed by atoms with E-state index in [0.29, 0.717) is 6.04 Å². The summed E-state index contributed by atoms with van der Waals surface area (Å²) in [6.45, 7) is 3.08. The summed E-state index contributed by atoms with van der Waals surface area (Å²) in [6.07, 6.45) is 1.13. The maximum absolute atomic E-state index is 12.8. The topological polar surface area (TPSA) is 12.0 Å². The molecule has 1 heterocycles. The highest BCUT2D eigenvalue weighted by Crippen LogP contribution is 2.25. The third kappa shape index (κ3) is 1.23. The second kappa shape index (κ2) is 2.87. The van der Waals surface area contributed by atoms with E-state index >= 15 is 0 Å². The van der Waals surface area contributed by atoms with Crippen molar-refractivity contribution in [3.63, 3.8) is 0 Å². The lowest BCUT2D eigenvalue weighted by atomic mass is 9.94. The first-order valence-corrected chi connectivity index (χ1v) is 4.27. The molecule has 1 atom stereocenters. The molecule has 2 heteroatoms. The summed E-state index contributed by atoms with van der Waals surface area (Å²) in [5, 5.41) is 3.26. The van der Waals surface area contributed by atoms with Crippen molar-refractivity contribution in [1.82, 2.24) is 5.32 Å². The molecular formula is C10H12FN. The molecule has 2 rings (SSSR count). The van der Waals surface area contributed by atoms with Crippen LogP contribution in [0.15, 0.2) is 18.2 Å². The van der Waals surface area contributed by atoms with Crippen molar-refractivity contribution < 1.29 is 4.39 Å². The number of hydrogen-bond donors (Lipinski definition) is 1. The van der Waals surface area contributed by atoms with Gasteiger partial charge in [-0.05, 0) is 43.1 Å². The quantitative estimate of drug-likeness (QED) is 0.672. The monoisotopic (exact) mass is 165 g/mol. The van der Waals surface area contributed by atoms with E-state index in [4.69, 9.17) is 0 Å². The van der Waals surface area contributed by atoms with Crippen LogP contribution in [0.4, 0.5) is 4.39 Å². The predicted octanol–water partition coefficient (Wildman–Crippen LogP) is 2.17. The minimum atomic E-state index is -0.135. The lowest BCUT2D eigenvalue weighted by molar-refractivity contribution is 0.380. The van der Waals surface area contributed by atoms with E-state index in [2.05, 4.69) is 5.32 Å². The zero-order chi connectivity index (χ0) is 8.55. The van der Waals surface area contributed by atoms with Crippen LogP contribution in [0.5, 0.6) is 0 Å². The Kier molecular flexibility index (Phi) is 1.85. The maximum atomic E-state index is 12.8. The average Bonchev–Trinajstić information content (AvgIpc) is 1.93. The molecule has 1 N–H and O–H groups in total. The van der Waals surface area contributed by atoms with Crippen LogP contribution in [0.25, 0.3) is 0 Å². The Morgan fingerprint density at radius 2 is 2.25 bits per heavy atom. The summed E-state index contributed by atoms with van der Waals surface area (Å²) in [5.41, 5.74) is 2.29. The fourth-order valence-corrected chi connectivity index (χ4v) is 1.54. The van der Waals surface area contributed by atoms with Crippen LogP contribution in [0.3, 0.4) is 0 Å². The van der Waals surface area contributed by atoms with Gasteiger partial charge in [-0.15, -0.1) is 0 Å². The van der Waals surface area contributed by atoms with Crippen molar-refractivity contribution in [3.8, 4) is 0 Å². The molecule has 1 fully saturated rings. The average molecular weight is 165 g/mol. The van der Waals surface area contributed by atoms with E-state index in [0.717, 1.165) is 18.5 Å². The second-order valence-corrected chi connectivity index (χ2v) is 3.30. The van der Waals surface area contributed by atoms with Gasteiger partial charge in [0.1, 0.15) is 5.82 Å². The fourth-order valence-electron chi connectivity index (χ4n) is 1.54. The van der Waals surface area contributed by atoms with Gasteiger partial charge >= 0.3 is 0 Å². The molecule has 0 spiro atoms. The maximum Gasteiger partial charge on any atom is 0.123 e. The Hall–Kier alpha value is -0.890. The molecule has 0 bridgehead atoms. The van der Waals surface area contributed by atoms with Crippen molar-refractivity contribution in [2.75, 3.05) is 6.54 Å². The standard InChI is InChI=1S/C10H12FN/c1-7-2-3-8(11)6-9(7)10-4-5-12-10/h2-3,6,10,12H,4-5H2,1H3/t10-/m1/s1. The number of rotatable bonds is 1. The Balaban J connectivity index is 2.34. The molecule has 1 aliphatic rings. The number of aryl methyl sites for hydroxylation is 1. The molecule has 0 aromatic heterocycles. The SMILES string of the molecule is Cc1ccc(F)cc1[C@H]1CCN1. The van der Waals surface area contributed by atoms with Crippen molar-refractivity contribution in [2.45, 2.75) is 19.4 Å². The number of benzene rings is 1. The summed E-state index contributed by atoms with van der Waals surface area (Å²) in [4.78, 5) is 0. The molecule has 0 amide bonds. The van der Waals surface area contributed by atoms with Gasteiger partial charge in [-0.1, -0.05) is 6.07 Å². The molecule has 12 heavy (non-hydrogen) atoms. The zero-order valence-corrected chi connectivity index (χ0v) is 7.10. The summed E-state index contributed by atoms with van der Waals surface area (Å²) < 4.78 is 12.8. The molecule has 0 saturated carbocycles. The van der Waals surface area contributed by atoms with Crippen LogP contribution < -0.4 is 5.32 Å². The molecule has 1 nitrogen and oxygen atoms in total. The van der Waals surface area contributed by atoms with Crippen molar-refractivity contribution in [2.24, 2.45) is 0 Å². The van der Waals surface area contributed by atoms with Crippen molar-refractivity contribution in [3.05, 3.63) is 35.1 Å². The number of hydrogen-bond acceptors (Lipinski definition) is 1. The van der Waals surface area contributed by atoms with E-state index in [1.165, 1.54) is 11.6 Å². The number of halogens is 1. The highest BCUT2D eigenvalue weighted by molar-refractivity contribution is 5.30. The minimum Gasteiger partial charge on any atom is -0.310 e. The fraction of sp³-hybridized carbons (Fsp3) is 0.400. The lowest BCUT2D eigenvalue weighted by Gasteiger charge is -2.29. The molecule has 1 saturated heterocycles. The third-order valence-corrected chi connectivity index (χ3v) is 2.44. The van der Waals surface area contributed by atoms with Gasteiger partial charge in [0.15, 0.2) is 0 Å². The first-order chi connectivity index (χ1) is 5.77. The molecule has 0 aliphatic carbocycles. The van der Waals surface area contributed by atoms with Crippen molar-refractivity contribution in [1.29, 1.82) is 0 Å². The molecule has 0 unspecified atom stereocenters. The predicted molar refractivity (Wildman–Crippen MR) is 46.5 cm³/mol. The van der Waals surface area contributed by atoms with E-state index in [9.17, 15) is 4.39 Å². The first kappa shape index (κ1) is 7.74. The van der Waals surface area contributed by atoms with Gasteiger partial charge in [-0.3, -0.25) is 0 Å². The summed E-state index contributed by atoms with van der Waals surface area (Å²) in [7, 11) is 0. The van der Waals surface area contributed by atoms with E-state index in [-0.39, 0.29) is 5.82 Å². The summed E-state index contributed by atoms with van der Waals surface area (Å²) >= 11 is 0. The molecular weight excluding hydrogens is 153 g/mol. The summed E-state index contributed by atoms with van der Waals surface area (Å²) in [6, 6.07) is 5.37. The van der Waals surface area contributed by atoms with Gasteiger partial charge in [0.2, 0.25) is 0 Å². The molecule has 1 aromatic rings. The minimum absolute atomic E-state index is 0.135. The van der Waals surface area contributed by atoms with Gasteiger partial charge in [-0.2, -0.15) is 0 Å². The van der Waals surface area contributed by atoms with Gasteiger partial charge in [0, 0.05) is 6.04 Å². The van der Waals surface area contributed by atoms with E-state index in [1.807, 2.05) is 13.0 Å². The smallest absolute Gasteiger partial charge is 0.123 e. The Bertz CT molecular complexity index is 292. The van der Waals surface area contributed by atoms with Crippen LogP contribution in [0.1, 0.15) is 23.6 Å². The van der Waals surface area contributed by atoms with Gasteiger partial charge in [-0.25, -0.2) is 4.39 Å². The zero-order valence-electron chi connectivity index (χ0n) is 7.10. The Labute approximate surface area is 71.6 Å². The van der Waals surface area contributed by atoms with Crippen molar-refractivity contribution >= 4 is 0 Å². The van der Waals surface area contributed by atoms with E-state index < -0.39 is 0 Å². The highest BCUT2D eigenvalue weighted by Gasteiger charge is 2.20. The normalized spacial score (nSPS) is 22.0. The molecule has 1 aromatic carbocycles. The van der Waals surface area contributed by atoms with Crippen LogP contribution in [-0.2, 0) is 0 Å².